The van der Waals surface area contributed by atoms with Crippen LogP contribution in [0, 0.1) is 0 Å². The highest BCUT2D eigenvalue weighted by Gasteiger charge is 2.16. The first kappa shape index (κ1) is 17.3. The van der Waals surface area contributed by atoms with E-state index in [-0.39, 0.29) is 17.3 Å². The third-order valence-electron chi connectivity index (χ3n) is 4.41. The molecule has 1 saturated heterocycles. The van der Waals surface area contributed by atoms with Crippen LogP contribution < -0.4 is 15.5 Å². The first-order valence-corrected chi connectivity index (χ1v) is 8.88. The van der Waals surface area contributed by atoms with Crippen LogP contribution in [0.5, 0.6) is 5.75 Å². The van der Waals surface area contributed by atoms with Gasteiger partial charge in [-0.2, -0.15) is 0 Å². The molecule has 1 unspecified atom stereocenters. The van der Waals surface area contributed by atoms with Gasteiger partial charge in [-0.3, -0.25) is 9.59 Å². The summed E-state index contributed by atoms with van der Waals surface area (Å²) in [4.78, 5) is 24.6. The first-order valence-electron chi connectivity index (χ1n) is 8.88. The summed E-state index contributed by atoms with van der Waals surface area (Å²) in [5.74, 6) is 0.113. The van der Waals surface area contributed by atoms with Crippen molar-refractivity contribution in [2.45, 2.75) is 18.9 Å². The summed E-state index contributed by atoms with van der Waals surface area (Å²) in [7, 11) is 0. The van der Waals surface area contributed by atoms with E-state index in [1.165, 1.54) is 6.07 Å². The lowest BCUT2D eigenvalue weighted by Crippen LogP contribution is -2.17. The van der Waals surface area contributed by atoms with Crippen molar-refractivity contribution in [3.05, 3.63) is 70.6 Å². The average Bonchev–Trinajstić information content (AvgIpc) is 3.20. The van der Waals surface area contributed by atoms with E-state index < -0.39 is 5.91 Å². The van der Waals surface area contributed by atoms with Gasteiger partial charge in [-0.15, -0.1) is 0 Å². The van der Waals surface area contributed by atoms with Gasteiger partial charge in [0.05, 0.1) is 11.5 Å². The lowest BCUT2D eigenvalue weighted by molar-refractivity contribution is 0.0680. The number of benzene rings is 2. The summed E-state index contributed by atoms with van der Waals surface area (Å²) in [6, 6.07) is 15.1. The number of carbonyl (C=O) groups excluding carboxylic acids is 1. The van der Waals surface area contributed by atoms with E-state index in [4.69, 9.17) is 13.9 Å². The summed E-state index contributed by atoms with van der Waals surface area (Å²) >= 11 is 0. The van der Waals surface area contributed by atoms with E-state index in [2.05, 4.69) is 5.32 Å². The third-order valence-corrected chi connectivity index (χ3v) is 4.41. The first-order chi connectivity index (χ1) is 13.2. The van der Waals surface area contributed by atoms with Gasteiger partial charge in [-0.25, -0.2) is 0 Å². The number of hydrogen-bond donors (Lipinski definition) is 1. The Morgan fingerprint density at radius 3 is 2.89 bits per heavy atom. The van der Waals surface area contributed by atoms with Gasteiger partial charge in [0.25, 0.3) is 5.91 Å². The molecule has 1 atom stereocenters. The van der Waals surface area contributed by atoms with Gasteiger partial charge in [-0.05, 0) is 37.1 Å². The number of nitrogens with one attached hydrogen (secondary N) is 1. The Kier molecular flexibility index (Phi) is 4.89. The number of hydrogen-bond acceptors (Lipinski definition) is 5. The van der Waals surface area contributed by atoms with E-state index >= 15 is 0 Å². The fourth-order valence-electron chi connectivity index (χ4n) is 3.04. The van der Waals surface area contributed by atoms with Crippen molar-refractivity contribution in [2.24, 2.45) is 0 Å². The Hall–Kier alpha value is -3.12. The predicted octanol–water partition coefficient (Wildman–Crippen LogP) is 3.60. The number of ether oxygens (including phenoxy) is 2. The zero-order valence-electron chi connectivity index (χ0n) is 14.6. The molecule has 4 rings (SSSR count). The Morgan fingerprint density at radius 2 is 2.04 bits per heavy atom. The predicted molar refractivity (Wildman–Crippen MR) is 101 cm³/mol. The zero-order chi connectivity index (χ0) is 18.6. The largest absolute Gasteiger partial charge is 0.491 e. The molecule has 2 heterocycles. The van der Waals surface area contributed by atoms with Crippen LogP contribution in [0.15, 0.2) is 63.8 Å². The molecule has 0 bridgehead atoms. The van der Waals surface area contributed by atoms with Gasteiger partial charge < -0.3 is 19.2 Å². The van der Waals surface area contributed by atoms with Crippen LogP contribution in [-0.2, 0) is 4.74 Å². The van der Waals surface area contributed by atoms with E-state index in [0.29, 0.717) is 29.0 Å². The van der Waals surface area contributed by atoms with Crippen LogP contribution in [0.25, 0.3) is 11.0 Å². The average molecular weight is 365 g/mol. The van der Waals surface area contributed by atoms with Crippen molar-refractivity contribution in [1.29, 1.82) is 0 Å². The summed E-state index contributed by atoms with van der Waals surface area (Å²) in [5.41, 5.74) is 0.681. The summed E-state index contributed by atoms with van der Waals surface area (Å²) in [5, 5.41) is 3.18. The molecule has 1 aliphatic heterocycles. The highest BCUT2D eigenvalue weighted by Crippen LogP contribution is 2.20. The van der Waals surface area contributed by atoms with Crippen molar-refractivity contribution < 1.29 is 18.7 Å². The Labute approximate surface area is 155 Å². The normalized spacial score (nSPS) is 16.4. The molecule has 27 heavy (non-hydrogen) atoms. The van der Waals surface area contributed by atoms with Crippen molar-refractivity contribution in [1.82, 2.24) is 0 Å². The second-order valence-electron chi connectivity index (χ2n) is 6.40. The molecule has 6 heteroatoms. The number of fused-ring (bicyclic) bond motifs is 1. The van der Waals surface area contributed by atoms with Crippen LogP contribution in [-0.4, -0.2) is 25.2 Å². The van der Waals surface area contributed by atoms with Gasteiger partial charge in [-0.1, -0.05) is 18.2 Å². The van der Waals surface area contributed by atoms with Crippen LogP contribution >= 0.6 is 0 Å². The topological polar surface area (TPSA) is 77.8 Å². The van der Waals surface area contributed by atoms with E-state index in [1.54, 1.807) is 42.5 Å². The van der Waals surface area contributed by atoms with Crippen LogP contribution in [0.1, 0.15) is 23.4 Å². The molecule has 138 valence electrons. The zero-order valence-corrected chi connectivity index (χ0v) is 14.6. The van der Waals surface area contributed by atoms with Gasteiger partial charge in [0, 0.05) is 24.4 Å². The van der Waals surface area contributed by atoms with Gasteiger partial charge in [0.1, 0.15) is 17.9 Å². The number of amides is 1. The monoisotopic (exact) mass is 365 g/mol. The van der Waals surface area contributed by atoms with Crippen LogP contribution in [0.4, 0.5) is 5.69 Å². The van der Waals surface area contributed by atoms with Gasteiger partial charge in [0.15, 0.2) is 11.2 Å². The maximum atomic E-state index is 12.5. The molecule has 1 amide bonds. The van der Waals surface area contributed by atoms with E-state index in [1.807, 2.05) is 6.07 Å². The maximum Gasteiger partial charge on any atom is 0.291 e. The number of para-hydroxylation sites is 1. The quantitative estimate of drug-likeness (QED) is 0.747. The maximum absolute atomic E-state index is 12.5. The summed E-state index contributed by atoms with van der Waals surface area (Å²) in [6.07, 6.45) is 2.17. The van der Waals surface area contributed by atoms with E-state index in [0.717, 1.165) is 19.4 Å². The summed E-state index contributed by atoms with van der Waals surface area (Å²) in [6.45, 7) is 1.26. The fourth-order valence-corrected chi connectivity index (χ4v) is 3.04. The molecule has 1 aromatic heterocycles. The fraction of sp³-hybridized carbons (Fsp3) is 0.238. The molecule has 6 nitrogen and oxygen atoms in total. The molecule has 0 spiro atoms. The standard InChI is InChI=1S/C21H19NO5/c23-18-12-20(27-19-9-2-1-8-17(18)19)21(24)22-14-5-3-6-15(11-14)26-13-16-7-4-10-25-16/h1-3,5-6,8-9,11-12,16H,4,7,10,13H2,(H,22,24). The minimum absolute atomic E-state index is 0.0376. The minimum atomic E-state index is -0.492. The molecule has 1 aliphatic rings. The molecule has 1 N–H and O–H groups in total. The Balaban J connectivity index is 1.47. The second kappa shape index (κ2) is 7.63. The van der Waals surface area contributed by atoms with Gasteiger partial charge >= 0.3 is 0 Å². The second-order valence-corrected chi connectivity index (χ2v) is 6.40. The number of carbonyl (C=O) groups is 1. The van der Waals surface area contributed by atoms with E-state index in [9.17, 15) is 9.59 Å². The highest BCUT2D eigenvalue weighted by molar-refractivity contribution is 6.03. The van der Waals surface area contributed by atoms with Crippen molar-refractivity contribution >= 4 is 22.6 Å². The van der Waals surface area contributed by atoms with Crippen molar-refractivity contribution in [2.75, 3.05) is 18.5 Å². The Morgan fingerprint density at radius 1 is 1.15 bits per heavy atom. The molecule has 1 fully saturated rings. The van der Waals surface area contributed by atoms with Crippen molar-refractivity contribution in [3.8, 4) is 5.75 Å². The molecule has 0 saturated carbocycles. The number of rotatable bonds is 5. The number of anilines is 1. The summed E-state index contributed by atoms with van der Waals surface area (Å²) < 4.78 is 16.8. The lowest BCUT2D eigenvalue weighted by atomic mass is 10.2. The molecule has 0 aliphatic carbocycles. The van der Waals surface area contributed by atoms with Crippen LogP contribution in [0.2, 0.25) is 0 Å². The lowest BCUT2D eigenvalue weighted by Gasteiger charge is -2.12. The van der Waals surface area contributed by atoms with Gasteiger partial charge in [0.2, 0.25) is 0 Å². The van der Waals surface area contributed by atoms with Crippen LogP contribution in [0.3, 0.4) is 0 Å². The molecule has 0 radical (unpaired) electrons. The SMILES string of the molecule is O=C(Nc1cccc(OCC2CCCO2)c1)c1cc(=O)c2ccccc2o1. The molecule has 2 aromatic carbocycles. The molecular formula is C21H19NO5. The minimum Gasteiger partial charge on any atom is -0.491 e. The smallest absolute Gasteiger partial charge is 0.291 e. The van der Waals surface area contributed by atoms with Crippen molar-refractivity contribution in [3.63, 3.8) is 0 Å². The molecular weight excluding hydrogens is 346 g/mol. The third kappa shape index (κ3) is 4.01. The molecule has 3 aromatic rings. The Bertz CT molecular complexity index is 1020. The highest BCUT2D eigenvalue weighted by atomic mass is 16.5.